The molecule has 1 aromatic carbocycles. The molecule has 1 aliphatic carbocycles. The van der Waals surface area contributed by atoms with Crippen LogP contribution in [0.15, 0.2) is 24.3 Å². The number of halogens is 3. The SMILES string of the molecule is COC(=O)[C@@H]1[C@H]2C[C@]1(c1cccc(C(F)(F)F)c1)CO2. The zero-order valence-electron chi connectivity index (χ0n) is 10.7. The van der Waals surface area contributed by atoms with Gasteiger partial charge in [-0.3, -0.25) is 4.79 Å². The van der Waals surface area contributed by atoms with E-state index in [9.17, 15) is 18.0 Å². The van der Waals surface area contributed by atoms with Gasteiger partial charge in [-0.2, -0.15) is 13.2 Å². The van der Waals surface area contributed by atoms with Crippen molar-refractivity contribution >= 4 is 5.97 Å². The van der Waals surface area contributed by atoms with Crippen LogP contribution < -0.4 is 0 Å². The maximum absolute atomic E-state index is 12.8. The molecule has 3 atom stereocenters. The van der Waals surface area contributed by atoms with Gasteiger partial charge < -0.3 is 9.47 Å². The monoisotopic (exact) mass is 286 g/mol. The van der Waals surface area contributed by atoms with Gasteiger partial charge in [-0.05, 0) is 18.1 Å². The third-order valence-corrected chi connectivity index (χ3v) is 4.31. The van der Waals surface area contributed by atoms with Gasteiger partial charge in [0.1, 0.15) is 0 Å². The van der Waals surface area contributed by atoms with Crippen LogP contribution in [0.4, 0.5) is 13.2 Å². The van der Waals surface area contributed by atoms with Crippen molar-refractivity contribution in [3.8, 4) is 0 Å². The Morgan fingerprint density at radius 3 is 2.80 bits per heavy atom. The quantitative estimate of drug-likeness (QED) is 0.784. The van der Waals surface area contributed by atoms with Gasteiger partial charge in [-0.25, -0.2) is 0 Å². The number of ether oxygens (including phenoxy) is 2. The maximum atomic E-state index is 12.8. The number of hydrogen-bond acceptors (Lipinski definition) is 3. The molecule has 3 fully saturated rings. The Labute approximate surface area is 113 Å². The predicted molar refractivity (Wildman–Crippen MR) is 63.0 cm³/mol. The van der Waals surface area contributed by atoms with Crippen molar-refractivity contribution in [1.82, 2.24) is 0 Å². The van der Waals surface area contributed by atoms with Gasteiger partial charge in [0.25, 0.3) is 0 Å². The first-order valence-electron chi connectivity index (χ1n) is 6.26. The van der Waals surface area contributed by atoms with Crippen molar-refractivity contribution in [3.05, 3.63) is 35.4 Å². The number of alkyl halides is 3. The fraction of sp³-hybridized carbons (Fsp3) is 0.500. The minimum Gasteiger partial charge on any atom is -0.469 e. The molecule has 2 bridgehead atoms. The van der Waals surface area contributed by atoms with Crippen LogP contribution in [0, 0.1) is 5.92 Å². The highest BCUT2D eigenvalue weighted by Crippen LogP contribution is 2.57. The second-order valence-corrected chi connectivity index (χ2v) is 5.29. The van der Waals surface area contributed by atoms with Gasteiger partial charge in [0, 0.05) is 5.41 Å². The molecule has 2 heterocycles. The van der Waals surface area contributed by atoms with E-state index >= 15 is 0 Å². The summed E-state index contributed by atoms with van der Waals surface area (Å²) >= 11 is 0. The lowest BCUT2D eigenvalue weighted by molar-refractivity contribution is -0.154. The highest BCUT2D eigenvalue weighted by molar-refractivity contribution is 5.78. The molecule has 4 rings (SSSR count). The van der Waals surface area contributed by atoms with Gasteiger partial charge in [-0.15, -0.1) is 0 Å². The maximum Gasteiger partial charge on any atom is 0.416 e. The summed E-state index contributed by atoms with van der Waals surface area (Å²) in [6.07, 6.45) is -4.07. The Morgan fingerprint density at radius 1 is 1.45 bits per heavy atom. The highest BCUT2D eigenvalue weighted by atomic mass is 19.4. The molecule has 0 N–H and O–H groups in total. The van der Waals surface area contributed by atoms with Crippen LogP contribution in [0.5, 0.6) is 0 Å². The normalized spacial score (nSPS) is 31.8. The molecule has 0 aromatic heterocycles. The number of hydrogen-bond donors (Lipinski definition) is 0. The molecule has 108 valence electrons. The van der Waals surface area contributed by atoms with E-state index in [0.29, 0.717) is 12.0 Å². The van der Waals surface area contributed by atoms with Crippen molar-refractivity contribution in [1.29, 1.82) is 0 Å². The Bertz CT molecular complexity index is 551. The molecule has 0 spiro atoms. The first-order chi connectivity index (χ1) is 9.38. The van der Waals surface area contributed by atoms with Crippen LogP contribution >= 0.6 is 0 Å². The van der Waals surface area contributed by atoms with E-state index in [1.165, 1.54) is 13.2 Å². The lowest BCUT2D eigenvalue weighted by Gasteiger charge is -2.43. The molecule has 2 saturated heterocycles. The first-order valence-corrected chi connectivity index (χ1v) is 6.26. The third-order valence-electron chi connectivity index (χ3n) is 4.31. The third kappa shape index (κ3) is 1.74. The van der Waals surface area contributed by atoms with Crippen molar-refractivity contribution in [2.45, 2.75) is 24.1 Å². The Kier molecular flexibility index (Phi) is 2.83. The molecule has 3 aliphatic rings. The molecule has 0 radical (unpaired) electrons. The zero-order chi connectivity index (χ0) is 14.5. The summed E-state index contributed by atoms with van der Waals surface area (Å²) in [7, 11) is 1.28. The standard InChI is InChI=1S/C14H13F3O3/c1-19-12(18)11-10-6-13(11,7-20-10)8-3-2-4-9(5-8)14(15,16)17/h2-5,10-11H,6-7H2,1H3/t10-,11+,13-/m1/s1. The summed E-state index contributed by atoms with van der Waals surface area (Å²) in [5.74, 6) is -0.924. The molecular formula is C14H13F3O3. The molecule has 2 aliphatic heterocycles. The summed E-state index contributed by atoms with van der Waals surface area (Å²) in [6, 6.07) is 5.13. The lowest BCUT2D eigenvalue weighted by atomic mass is 9.57. The molecule has 0 unspecified atom stereocenters. The number of esters is 1. The van der Waals surface area contributed by atoms with E-state index in [1.807, 2.05) is 0 Å². The summed E-state index contributed by atoms with van der Waals surface area (Å²) in [5, 5.41) is 0. The summed E-state index contributed by atoms with van der Waals surface area (Å²) in [6.45, 7) is 0.263. The van der Waals surface area contributed by atoms with Gasteiger partial charge in [0.15, 0.2) is 0 Å². The Balaban J connectivity index is 1.99. The minimum absolute atomic E-state index is 0.239. The topological polar surface area (TPSA) is 35.5 Å². The smallest absolute Gasteiger partial charge is 0.416 e. The van der Waals surface area contributed by atoms with Crippen molar-refractivity contribution < 1.29 is 27.4 Å². The molecule has 6 heteroatoms. The van der Waals surface area contributed by atoms with Crippen LogP contribution in [0.1, 0.15) is 17.5 Å². The molecule has 3 nitrogen and oxygen atoms in total. The van der Waals surface area contributed by atoms with Crippen LogP contribution in [0.25, 0.3) is 0 Å². The van der Waals surface area contributed by atoms with Crippen molar-refractivity contribution in [2.75, 3.05) is 13.7 Å². The Morgan fingerprint density at radius 2 is 2.20 bits per heavy atom. The van der Waals surface area contributed by atoms with Crippen molar-refractivity contribution in [3.63, 3.8) is 0 Å². The van der Waals surface area contributed by atoms with E-state index in [0.717, 1.165) is 12.1 Å². The second-order valence-electron chi connectivity index (χ2n) is 5.29. The van der Waals surface area contributed by atoms with E-state index in [1.54, 1.807) is 6.07 Å². The largest absolute Gasteiger partial charge is 0.469 e. The lowest BCUT2D eigenvalue weighted by Crippen LogP contribution is -2.53. The average Bonchev–Trinajstić information content (AvgIpc) is 2.97. The molecule has 1 aromatic rings. The summed E-state index contributed by atoms with van der Waals surface area (Å²) in [5.41, 5.74) is -0.876. The van der Waals surface area contributed by atoms with Crippen LogP contribution in [-0.2, 0) is 25.9 Å². The van der Waals surface area contributed by atoms with E-state index in [-0.39, 0.29) is 12.7 Å². The van der Waals surface area contributed by atoms with Gasteiger partial charge in [-0.1, -0.05) is 18.2 Å². The first kappa shape index (κ1) is 13.4. The number of carbonyl (C=O) groups excluding carboxylic acids is 1. The van der Waals surface area contributed by atoms with Gasteiger partial charge >= 0.3 is 12.1 Å². The predicted octanol–water partition coefficient (Wildman–Crippen LogP) is 2.53. The second kappa shape index (κ2) is 4.22. The number of fused-ring (bicyclic) bond motifs is 1. The van der Waals surface area contributed by atoms with E-state index in [2.05, 4.69) is 0 Å². The highest BCUT2D eigenvalue weighted by Gasteiger charge is 2.65. The molecular weight excluding hydrogens is 273 g/mol. The van der Waals surface area contributed by atoms with E-state index < -0.39 is 29.0 Å². The number of rotatable bonds is 2. The van der Waals surface area contributed by atoms with Gasteiger partial charge in [0.2, 0.25) is 0 Å². The number of benzene rings is 1. The van der Waals surface area contributed by atoms with Crippen LogP contribution in [-0.4, -0.2) is 25.8 Å². The Hall–Kier alpha value is -1.56. The average molecular weight is 286 g/mol. The van der Waals surface area contributed by atoms with Gasteiger partial charge in [0.05, 0.1) is 31.3 Å². The van der Waals surface area contributed by atoms with Crippen LogP contribution in [0.3, 0.4) is 0 Å². The fourth-order valence-corrected chi connectivity index (χ4v) is 3.25. The molecule has 0 amide bonds. The summed E-state index contributed by atoms with van der Waals surface area (Å²) < 4.78 is 48.6. The molecule has 20 heavy (non-hydrogen) atoms. The van der Waals surface area contributed by atoms with Crippen molar-refractivity contribution in [2.24, 2.45) is 5.92 Å². The minimum atomic E-state index is -4.39. The fourth-order valence-electron chi connectivity index (χ4n) is 3.25. The zero-order valence-corrected chi connectivity index (χ0v) is 10.7. The number of carbonyl (C=O) groups is 1. The molecule has 1 saturated carbocycles. The van der Waals surface area contributed by atoms with E-state index in [4.69, 9.17) is 9.47 Å². The van der Waals surface area contributed by atoms with Crippen LogP contribution in [0.2, 0.25) is 0 Å². The summed E-state index contributed by atoms with van der Waals surface area (Å²) in [4.78, 5) is 11.8. The number of methoxy groups -OCH3 is 1.